The van der Waals surface area contributed by atoms with Crippen molar-refractivity contribution in [2.75, 3.05) is 10.5 Å². The van der Waals surface area contributed by atoms with Gasteiger partial charge in [0.2, 0.25) is 0 Å². The highest BCUT2D eigenvalue weighted by Crippen LogP contribution is 2.21. The Morgan fingerprint density at radius 2 is 1.88 bits per heavy atom. The van der Waals surface area contributed by atoms with Crippen LogP contribution in [0.3, 0.4) is 0 Å². The summed E-state index contributed by atoms with van der Waals surface area (Å²) in [5, 5.41) is 2.72. The summed E-state index contributed by atoms with van der Waals surface area (Å²) in [6.07, 6.45) is 3.38. The third-order valence-corrected chi connectivity index (χ3v) is 4.06. The number of carbonyl (C=O) groups excluding carboxylic acids is 2. The summed E-state index contributed by atoms with van der Waals surface area (Å²) < 4.78 is 6.58. The van der Waals surface area contributed by atoms with E-state index in [-0.39, 0.29) is 5.91 Å². The molecule has 0 atom stereocenters. The topological polar surface area (TPSA) is 71.5 Å². The summed E-state index contributed by atoms with van der Waals surface area (Å²) in [4.78, 5) is 27.9. The van der Waals surface area contributed by atoms with E-state index in [2.05, 4.69) is 26.4 Å². The zero-order valence-electron chi connectivity index (χ0n) is 15.0. The third kappa shape index (κ3) is 6.15. The van der Waals surface area contributed by atoms with E-state index in [0.717, 1.165) is 5.56 Å². The molecular weight excluding hydrogens is 398 g/mol. The second-order valence-electron chi connectivity index (χ2n) is 6.67. The van der Waals surface area contributed by atoms with Crippen LogP contribution in [0.5, 0.6) is 0 Å². The number of nitrogens with zero attached hydrogens (tertiary/aromatic N) is 2. The van der Waals surface area contributed by atoms with Crippen molar-refractivity contribution in [3.05, 3.63) is 59.9 Å². The molecule has 2 aromatic rings. The number of amides is 2. The molecule has 1 N–H and O–H groups in total. The van der Waals surface area contributed by atoms with E-state index in [1.165, 1.54) is 10.1 Å². The Labute approximate surface area is 161 Å². The van der Waals surface area contributed by atoms with Gasteiger partial charge in [0.15, 0.2) is 0 Å². The molecule has 0 aliphatic heterocycles. The first-order valence-electron chi connectivity index (χ1n) is 8.22. The molecule has 0 unspecified atom stereocenters. The average molecular weight is 420 g/mol. The molecule has 0 fully saturated rings. The number of hydrogen-bond donors (Lipinski definition) is 1. The minimum Gasteiger partial charge on any atom is -0.444 e. The summed E-state index contributed by atoms with van der Waals surface area (Å²) in [5.74, 6) is -0.197. The highest BCUT2D eigenvalue weighted by molar-refractivity contribution is 9.10. The normalized spacial score (nSPS) is 10.9. The van der Waals surface area contributed by atoms with Gasteiger partial charge in [0, 0.05) is 18.9 Å². The molecule has 0 aliphatic carbocycles. The van der Waals surface area contributed by atoms with Crippen LogP contribution in [0.15, 0.2) is 48.8 Å². The van der Waals surface area contributed by atoms with Crippen LogP contribution in [0.2, 0.25) is 0 Å². The third-order valence-electron chi connectivity index (χ3n) is 3.33. The highest BCUT2D eigenvalue weighted by Gasteiger charge is 2.16. The lowest BCUT2D eigenvalue weighted by Crippen LogP contribution is -2.33. The molecule has 0 spiro atoms. The molecule has 138 valence electrons. The number of pyridine rings is 1. The van der Waals surface area contributed by atoms with E-state index >= 15 is 0 Å². The molecular formula is C19H22BrN3O3. The van der Waals surface area contributed by atoms with Crippen LogP contribution in [-0.2, 0) is 11.2 Å². The second-order valence-corrected chi connectivity index (χ2v) is 7.38. The Hall–Kier alpha value is -2.41. The Morgan fingerprint density at radius 1 is 1.19 bits per heavy atom. The Bertz CT molecular complexity index is 743. The number of rotatable bonds is 5. The lowest BCUT2D eigenvalue weighted by atomic mass is 10.1. The maximum atomic E-state index is 12.4. The van der Waals surface area contributed by atoms with Crippen LogP contribution >= 0.6 is 16.1 Å². The number of anilines is 1. The molecule has 0 radical (unpaired) electrons. The summed E-state index contributed by atoms with van der Waals surface area (Å²) >= 11 is 3.29. The summed E-state index contributed by atoms with van der Waals surface area (Å²) in [6, 6.07) is 10.9. The van der Waals surface area contributed by atoms with Crippen molar-refractivity contribution >= 4 is 33.8 Å². The van der Waals surface area contributed by atoms with E-state index in [1.807, 2.05) is 45.0 Å². The quantitative estimate of drug-likeness (QED) is 0.740. The fourth-order valence-corrected chi connectivity index (χ4v) is 2.58. The Balaban J connectivity index is 1.88. The standard InChI is InChI=1S/C19H22BrN3O3/c1-19(2,3)26-18(25)22-12-10-14-6-8-16(9-7-14)23(20)17(24)15-5-4-11-21-13-15/h4-9,11,13H,10,12H2,1-3H3,(H,22,25). The van der Waals surface area contributed by atoms with E-state index in [4.69, 9.17) is 4.74 Å². The molecule has 6 nitrogen and oxygen atoms in total. The van der Waals surface area contributed by atoms with Crippen molar-refractivity contribution in [3.8, 4) is 0 Å². The van der Waals surface area contributed by atoms with Crippen LogP contribution in [-0.4, -0.2) is 29.1 Å². The van der Waals surface area contributed by atoms with Crippen LogP contribution in [0.25, 0.3) is 0 Å². The Morgan fingerprint density at radius 3 is 2.46 bits per heavy atom. The molecule has 26 heavy (non-hydrogen) atoms. The van der Waals surface area contributed by atoms with Gasteiger partial charge in [-0.3, -0.25) is 9.78 Å². The zero-order chi connectivity index (χ0) is 19.2. The summed E-state index contributed by atoms with van der Waals surface area (Å²) in [6.45, 7) is 5.94. The van der Waals surface area contributed by atoms with Gasteiger partial charge in [-0.1, -0.05) is 12.1 Å². The van der Waals surface area contributed by atoms with Gasteiger partial charge in [-0.15, -0.1) is 0 Å². The predicted molar refractivity (Wildman–Crippen MR) is 104 cm³/mol. The monoisotopic (exact) mass is 419 g/mol. The van der Waals surface area contributed by atoms with Crippen LogP contribution in [0.1, 0.15) is 36.7 Å². The largest absolute Gasteiger partial charge is 0.444 e. The number of halogens is 1. The Kier molecular flexibility index (Phi) is 6.74. The van der Waals surface area contributed by atoms with Gasteiger partial charge in [-0.25, -0.2) is 8.72 Å². The number of nitrogens with one attached hydrogen (secondary N) is 1. The van der Waals surface area contributed by atoms with Crippen molar-refractivity contribution in [3.63, 3.8) is 0 Å². The van der Waals surface area contributed by atoms with E-state index < -0.39 is 11.7 Å². The molecule has 0 saturated carbocycles. The van der Waals surface area contributed by atoms with E-state index in [1.54, 1.807) is 18.3 Å². The molecule has 7 heteroatoms. The SMILES string of the molecule is CC(C)(C)OC(=O)NCCc1ccc(N(Br)C(=O)c2cccnc2)cc1. The first-order valence-corrected chi connectivity index (χ1v) is 8.93. The van der Waals surface area contributed by atoms with Gasteiger partial charge in [0.1, 0.15) is 5.60 Å². The first kappa shape index (κ1) is 19.9. The van der Waals surface area contributed by atoms with Crippen LogP contribution in [0.4, 0.5) is 10.5 Å². The highest BCUT2D eigenvalue weighted by atomic mass is 79.9. The number of benzene rings is 1. The summed E-state index contributed by atoms with van der Waals surface area (Å²) in [7, 11) is 0. The maximum Gasteiger partial charge on any atom is 0.407 e. The zero-order valence-corrected chi connectivity index (χ0v) is 16.6. The van der Waals surface area contributed by atoms with Crippen molar-refractivity contribution in [1.29, 1.82) is 0 Å². The van der Waals surface area contributed by atoms with Crippen molar-refractivity contribution in [1.82, 2.24) is 10.3 Å². The molecule has 1 aromatic carbocycles. The number of ether oxygens (including phenoxy) is 1. The van der Waals surface area contributed by atoms with Crippen molar-refractivity contribution in [2.24, 2.45) is 0 Å². The smallest absolute Gasteiger partial charge is 0.407 e. The minimum atomic E-state index is -0.508. The minimum absolute atomic E-state index is 0.197. The van der Waals surface area contributed by atoms with Gasteiger partial charge in [0.05, 0.1) is 27.4 Å². The number of hydrogen-bond acceptors (Lipinski definition) is 4. The van der Waals surface area contributed by atoms with Crippen LogP contribution in [0, 0.1) is 0 Å². The van der Waals surface area contributed by atoms with E-state index in [9.17, 15) is 9.59 Å². The molecule has 0 bridgehead atoms. The fourth-order valence-electron chi connectivity index (χ4n) is 2.14. The van der Waals surface area contributed by atoms with Gasteiger partial charge in [0.25, 0.3) is 5.91 Å². The maximum absolute atomic E-state index is 12.4. The molecule has 0 aliphatic rings. The number of aromatic nitrogens is 1. The van der Waals surface area contributed by atoms with E-state index in [0.29, 0.717) is 24.2 Å². The number of alkyl carbamates (subject to hydrolysis) is 1. The molecule has 2 rings (SSSR count). The average Bonchev–Trinajstić information content (AvgIpc) is 2.60. The molecule has 0 saturated heterocycles. The van der Waals surface area contributed by atoms with Crippen molar-refractivity contribution in [2.45, 2.75) is 32.8 Å². The summed E-state index contributed by atoms with van der Waals surface area (Å²) in [5.41, 5.74) is 1.74. The first-order chi connectivity index (χ1) is 12.3. The second kappa shape index (κ2) is 8.80. The lowest BCUT2D eigenvalue weighted by molar-refractivity contribution is 0.0528. The van der Waals surface area contributed by atoms with Gasteiger partial charge >= 0.3 is 6.09 Å². The fraction of sp³-hybridized carbons (Fsp3) is 0.316. The molecule has 1 heterocycles. The van der Waals surface area contributed by atoms with Gasteiger partial charge in [-0.2, -0.15) is 0 Å². The van der Waals surface area contributed by atoms with Gasteiger partial charge in [-0.05, 0) is 57.0 Å². The predicted octanol–water partition coefficient (Wildman–Crippen LogP) is 4.11. The van der Waals surface area contributed by atoms with Gasteiger partial charge < -0.3 is 10.1 Å². The van der Waals surface area contributed by atoms with Crippen LogP contribution < -0.4 is 9.24 Å². The molecule has 1 aromatic heterocycles. The van der Waals surface area contributed by atoms with Crippen molar-refractivity contribution < 1.29 is 14.3 Å². The molecule has 2 amide bonds. The lowest BCUT2D eigenvalue weighted by Gasteiger charge is -2.19. The number of carbonyl (C=O) groups is 2.